The molecule has 3 rings (SSSR count). The minimum Gasteiger partial charge on any atom is -0.489 e. The van der Waals surface area contributed by atoms with E-state index >= 15 is 0 Å². The van der Waals surface area contributed by atoms with E-state index in [0.29, 0.717) is 30.4 Å². The van der Waals surface area contributed by atoms with Gasteiger partial charge in [0.2, 0.25) is 0 Å². The van der Waals surface area contributed by atoms with E-state index in [1.807, 2.05) is 72.8 Å². The van der Waals surface area contributed by atoms with Gasteiger partial charge in [-0.15, -0.1) is 0 Å². The van der Waals surface area contributed by atoms with Crippen molar-refractivity contribution in [1.29, 1.82) is 5.26 Å². The quantitative estimate of drug-likeness (QED) is 0.467. The van der Waals surface area contributed by atoms with Crippen LogP contribution in [0.4, 0.5) is 11.4 Å². The van der Waals surface area contributed by atoms with E-state index in [4.69, 9.17) is 10.00 Å². The lowest BCUT2D eigenvalue weighted by Crippen LogP contribution is -2.30. The largest absolute Gasteiger partial charge is 0.489 e. The normalized spacial score (nSPS) is 10.5. The molecule has 0 aromatic heterocycles. The molecule has 0 aliphatic heterocycles. The first-order chi connectivity index (χ1) is 15.5. The summed E-state index contributed by atoms with van der Waals surface area (Å²) in [5.41, 5.74) is 4.27. The average Bonchev–Trinajstić information content (AvgIpc) is 2.80. The Balaban J connectivity index is 1.66. The van der Waals surface area contributed by atoms with E-state index in [1.54, 1.807) is 0 Å². The Bertz CT molecular complexity index is 1070. The number of nitrogens with one attached hydrogen (secondary N) is 1. The highest BCUT2D eigenvalue weighted by Crippen LogP contribution is 2.22. The summed E-state index contributed by atoms with van der Waals surface area (Å²) in [6.07, 6.45) is 0.379. The molecule has 3 aromatic carbocycles. The van der Waals surface area contributed by atoms with Gasteiger partial charge in [-0.3, -0.25) is 4.79 Å². The Morgan fingerprint density at radius 1 is 1.03 bits per heavy atom. The number of para-hydroxylation sites is 1. The minimum absolute atomic E-state index is 0.155. The molecule has 0 fully saturated rings. The van der Waals surface area contributed by atoms with Crippen molar-refractivity contribution in [3.8, 4) is 11.8 Å². The molecule has 0 spiro atoms. The maximum Gasteiger partial charge on any atom is 0.255 e. The second kappa shape index (κ2) is 11.0. The first-order valence-electron chi connectivity index (χ1n) is 10.9. The molecule has 3 aromatic rings. The van der Waals surface area contributed by atoms with Crippen LogP contribution in [0.2, 0.25) is 0 Å². The summed E-state index contributed by atoms with van der Waals surface area (Å²) in [4.78, 5) is 15.1. The van der Waals surface area contributed by atoms with Crippen LogP contribution >= 0.6 is 0 Å². The molecule has 0 atom stereocenters. The summed E-state index contributed by atoms with van der Waals surface area (Å²) in [6, 6.07) is 25.3. The number of nitrogens with zero attached hydrogens (tertiary/aromatic N) is 2. The molecule has 0 unspecified atom stereocenters. The second-order valence-electron chi connectivity index (χ2n) is 7.81. The van der Waals surface area contributed by atoms with Crippen molar-refractivity contribution in [2.24, 2.45) is 0 Å². The number of carbonyl (C=O) groups excluding carboxylic acids is 1. The molecule has 0 bridgehead atoms. The van der Waals surface area contributed by atoms with Gasteiger partial charge in [-0.1, -0.05) is 30.3 Å². The van der Waals surface area contributed by atoms with Crippen molar-refractivity contribution in [3.05, 3.63) is 89.5 Å². The zero-order valence-electron chi connectivity index (χ0n) is 18.8. The Morgan fingerprint density at radius 2 is 1.72 bits per heavy atom. The van der Waals surface area contributed by atoms with Crippen LogP contribution in [0, 0.1) is 11.3 Å². The number of carbonyl (C=O) groups is 1. The molecule has 0 saturated carbocycles. The fourth-order valence-electron chi connectivity index (χ4n) is 3.57. The Kier molecular flexibility index (Phi) is 7.88. The molecule has 0 saturated heterocycles. The first kappa shape index (κ1) is 22.9. The van der Waals surface area contributed by atoms with Gasteiger partial charge < -0.3 is 15.0 Å². The third kappa shape index (κ3) is 5.89. The van der Waals surface area contributed by atoms with Crippen molar-refractivity contribution < 1.29 is 9.53 Å². The molecule has 1 N–H and O–H groups in total. The van der Waals surface area contributed by atoms with Crippen LogP contribution in [-0.2, 0) is 13.0 Å². The summed E-state index contributed by atoms with van der Waals surface area (Å²) >= 11 is 0. The summed E-state index contributed by atoms with van der Waals surface area (Å²) < 4.78 is 5.89. The number of rotatable bonds is 9. The summed E-state index contributed by atoms with van der Waals surface area (Å²) in [6.45, 7) is 7.68. The molecule has 0 radical (unpaired) electrons. The van der Waals surface area contributed by atoms with Crippen LogP contribution in [-0.4, -0.2) is 18.5 Å². The van der Waals surface area contributed by atoms with Gasteiger partial charge >= 0.3 is 0 Å². The fourth-order valence-corrected chi connectivity index (χ4v) is 3.57. The minimum atomic E-state index is -0.155. The highest BCUT2D eigenvalue weighted by atomic mass is 16.5. The predicted molar refractivity (Wildman–Crippen MR) is 129 cm³/mol. The molecule has 32 heavy (non-hydrogen) atoms. The summed E-state index contributed by atoms with van der Waals surface area (Å²) in [5.74, 6) is 0.562. The molecule has 1 amide bonds. The molecular weight excluding hydrogens is 398 g/mol. The van der Waals surface area contributed by atoms with Gasteiger partial charge in [0.15, 0.2) is 0 Å². The van der Waals surface area contributed by atoms with E-state index in [9.17, 15) is 4.79 Å². The predicted octanol–water partition coefficient (Wildman–Crippen LogP) is 5.82. The van der Waals surface area contributed by atoms with Crippen LogP contribution in [0.15, 0.2) is 72.8 Å². The highest BCUT2D eigenvalue weighted by Gasteiger charge is 2.12. The Hall–Kier alpha value is -3.78. The highest BCUT2D eigenvalue weighted by molar-refractivity contribution is 6.04. The number of nitriles is 1. The first-order valence-corrected chi connectivity index (χ1v) is 10.9. The zero-order valence-corrected chi connectivity index (χ0v) is 18.8. The van der Waals surface area contributed by atoms with Crippen molar-refractivity contribution in [2.75, 3.05) is 16.8 Å². The van der Waals surface area contributed by atoms with Gasteiger partial charge in [0, 0.05) is 35.1 Å². The van der Waals surface area contributed by atoms with Crippen LogP contribution in [0.1, 0.15) is 42.3 Å². The van der Waals surface area contributed by atoms with Gasteiger partial charge in [-0.25, -0.2) is 0 Å². The van der Waals surface area contributed by atoms with Crippen molar-refractivity contribution in [2.45, 2.75) is 39.8 Å². The number of ether oxygens (including phenoxy) is 1. The van der Waals surface area contributed by atoms with Gasteiger partial charge in [0.05, 0.1) is 12.5 Å². The molecule has 164 valence electrons. The molecule has 0 aliphatic rings. The SMILES string of the molecule is CCN(c1ccc(C(=O)Nc2ccccc2COc2ccc(CC#N)cc2)cc1)C(C)C. The third-order valence-electron chi connectivity index (χ3n) is 5.29. The van der Waals surface area contributed by atoms with E-state index in [0.717, 1.165) is 29.0 Å². The monoisotopic (exact) mass is 427 g/mol. The maximum atomic E-state index is 12.8. The fraction of sp³-hybridized carbons (Fsp3) is 0.259. The lowest BCUT2D eigenvalue weighted by molar-refractivity contribution is 0.102. The average molecular weight is 428 g/mol. The standard InChI is InChI=1S/C27H29N3O2/c1-4-30(20(2)3)24-13-11-22(12-14-24)27(31)29-26-8-6-5-7-23(26)19-32-25-15-9-21(10-16-25)17-18-28/h5-16,20H,4,17,19H2,1-3H3,(H,29,31). The number of anilines is 2. The van der Waals surface area contributed by atoms with Gasteiger partial charge in [0.25, 0.3) is 5.91 Å². The number of amides is 1. The van der Waals surface area contributed by atoms with Crippen molar-refractivity contribution >= 4 is 17.3 Å². The van der Waals surface area contributed by atoms with Crippen LogP contribution in [0.3, 0.4) is 0 Å². The van der Waals surface area contributed by atoms with E-state index in [2.05, 4.69) is 37.1 Å². The summed E-state index contributed by atoms with van der Waals surface area (Å²) in [5, 5.41) is 11.8. The van der Waals surface area contributed by atoms with Crippen molar-refractivity contribution in [3.63, 3.8) is 0 Å². The molecule has 0 aliphatic carbocycles. The molecule has 0 heterocycles. The third-order valence-corrected chi connectivity index (χ3v) is 5.29. The van der Waals surface area contributed by atoms with Crippen LogP contribution in [0.25, 0.3) is 0 Å². The van der Waals surface area contributed by atoms with Gasteiger partial charge in [-0.05, 0) is 68.8 Å². The number of benzene rings is 3. The summed E-state index contributed by atoms with van der Waals surface area (Å²) in [7, 11) is 0. The lowest BCUT2D eigenvalue weighted by atomic mass is 10.1. The Morgan fingerprint density at radius 3 is 2.34 bits per heavy atom. The zero-order chi connectivity index (χ0) is 22.9. The van der Waals surface area contributed by atoms with E-state index in [1.165, 1.54) is 0 Å². The van der Waals surface area contributed by atoms with Crippen LogP contribution < -0.4 is 15.0 Å². The smallest absolute Gasteiger partial charge is 0.255 e. The molecule has 5 heteroatoms. The van der Waals surface area contributed by atoms with Crippen LogP contribution in [0.5, 0.6) is 5.75 Å². The molecular formula is C27H29N3O2. The van der Waals surface area contributed by atoms with E-state index < -0.39 is 0 Å². The number of hydrogen-bond acceptors (Lipinski definition) is 4. The topological polar surface area (TPSA) is 65.4 Å². The Labute approximate surface area is 190 Å². The van der Waals surface area contributed by atoms with E-state index in [-0.39, 0.29) is 5.91 Å². The second-order valence-corrected chi connectivity index (χ2v) is 7.81. The maximum absolute atomic E-state index is 12.8. The lowest BCUT2D eigenvalue weighted by Gasteiger charge is -2.27. The van der Waals surface area contributed by atoms with Gasteiger partial charge in [-0.2, -0.15) is 5.26 Å². The number of hydrogen-bond donors (Lipinski definition) is 1. The van der Waals surface area contributed by atoms with Gasteiger partial charge in [0.1, 0.15) is 12.4 Å². The molecule has 5 nitrogen and oxygen atoms in total. The van der Waals surface area contributed by atoms with Crippen molar-refractivity contribution in [1.82, 2.24) is 0 Å².